The van der Waals surface area contributed by atoms with Gasteiger partial charge in [0.05, 0.1) is 6.10 Å². The van der Waals surface area contributed by atoms with Crippen LogP contribution in [0, 0.1) is 5.92 Å². The Hall–Kier alpha value is -1.02. The van der Waals surface area contributed by atoms with E-state index in [9.17, 15) is 0 Å². The Balaban J connectivity index is 1.68. The summed E-state index contributed by atoms with van der Waals surface area (Å²) >= 11 is 0. The molecule has 0 heterocycles. The van der Waals surface area contributed by atoms with E-state index >= 15 is 0 Å². The first-order valence-corrected chi connectivity index (χ1v) is 7.78. The van der Waals surface area contributed by atoms with Crippen molar-refractivity contribution in [2.45, 2.75) is 63.5 Å². The highest BCUT2D eigenvalue weighted by Gasteiger charge is 2.28. The molecule has 2 fully saturated rings. The fourth-order valence-electron chi connectivity index (χ4n) is 3.21. The first-order valence-electron chi connectivity index (χ1n) is 7.78. The van der Waals surface area contributed by atoms with Crippen molar-refractivity contribution in [1.82, 2.24) is 0 Å². The summed E-state index contributed by atoms with van der Waals surface area (Å²) in [6.07, 6.45) is 7.92. The van der Waals surface area contributed by atoms with Gasteiger partial charge in [0.1, 0.15) is 5.75 Å². The van der Waals surface area contributed by atoms with E-state index in [1.54, 1.807) is 0 Å². The highest BCUT2D eigenvalue weighted by Crippen LogP contribution is 2.37. The molecule has 2 aliphatic carbocycles. The minimum atomic E-state index is 0.331. The normalized spacial score (nSPS) is 31.2. The zero-order chi connectivity index (χ0) is 13.2. The zero-order valence-electron chi connectivity index (χ0n) is 11.8. The van der Waals surface area contributed by atoms with E-state index in [1.165, 1.54) is 44.1 Å². The maximum atomic E-state index is 6.33. The van der Waals surface area contributed by atoms with Gasteiger partial charge in [0.15, 0.2) is 0 Å². The summed E-state index contributed by atoms with van der Waals surface area (Å²) in [5.41, 5.74) is 7.72. The highest BCUT2D eigenvalue weighted by molar-refractivity contribution is 5.31. The van der Waals surface area contributed by atoms with Gasteiger partial charge in [-0.3, -0.25) is 0 Å². The molecule has 2 heteroatoms. The molecule has 104 valence electrons. The van der Waals surface area contributed by atoms with E-state index in [0.29, 0.717) is 18.1 Å². The van der Waals surface area contributed by atoms with Crippen LogP contribution in [0.3, 0.4) is 0 Å². The predicted molar refractivity (Wildman–Crippen MR) is 78.4 cm³/mol. The van der Waals surface area contributed by atoms with Crippen molar-refractivity contribution in [2.24, 2.45) is 11.7 Å². The Morgan fingerprint density at radius 2 is 1.84 bits per heavy atom. The summed E-state index contributed by atoms with van der Waals surface area (Å²) in [7, 11) is 0. The number of hydrogen-bond donors (Lipinski definition) is 1. The lowest BCUT2D eigenvalue weighted by atomic mass is 9.74. The van der Waals surface area contributed by atoms with Crippen LogP contribution in [0.25, 0.3) is 0 Å². The van der Waals surface area contributed by atoms with Gasteiger partial charge in [-0.2, -0.15) is 0 Å². The molecular weight excluding hydrogens is 234 g/mol. The Morgan fingerprint density at radius 3 is 2.47 bits per heavy atom. The molecule has 3 atom stereocenters. The third-order valence-electron chi connectivity index (χ3n) is 4.73. The van der Waals surface area contributed by atoms with Crippen LogP contribution < -0.4 is 10.5 Å². The molecule has 19 heavy (non-hydrogen) atoms. The number of ether oxygens (including phenoxy) is 1. The Labute approximate surface area is 116 Å². The lowest BCUT2D eigenvalue weighted by Crippen LogP contribution is -2.34. The topological polar surface area (TPSA) is 35.2 Å². The van der Waals surface area contributed by atoms with Crippen LogP contribution in [0.1, 0.15) is 56.9 Å². The smallest absolute Gasteiger partial charge is 0.119 e. The summed E-state index contributed by atoms with van der Waals surface area (Å²) in [6.45, 7) is 2.30. The molecule has 3 rings (SSSR count). The number of hydrogen-bond acceptors (Lipinski definition) is 2. The predicted octanol–water partition coefficient (Wildman–Crippen LogP) is 3.85. The minimum absolute atomic E-state index is 0.331. The van der Waals surface area contributed by atoms with E-state index in [0.717, 1.165) is 11.7 Å². The van der Waals surface area contributed by atoms with E-state index < -0.39 is 0 Å². The molecular formula is C17H25NO. The fraction of sp³-hybridized carbons (Fsp3) is 0.647. The van der Waals surface area contributed by atoms with Gasteiger partial charge >= 0.3 is 0 Å². The van der Waals surface area contributed by atoms with Gasteiger partial charge in [0.25, 0.3) is 0 Å². The molecule has 0 bridgehead atoms. The first-order chi connectivity index (χ1) is 9.26. The van der Waals surface area contributed by atoms with Crippen molar-refractivity contribution >= 4 is 0 Å². The van der Waals surface area contributed by atoms with E-state index in [2.05, 4.69) is 31.2 Å². The molecule has 3 unspecified atom stereocenters. The molecule has 2 saturated carbocycles. The zero-order valence-corrected chi connectivity index (χ0v) is 11.8. The average Bonchev–Trinajstić information content (AvgIpc) is 3.24. The van der Waals surface area contributed by atoms with Crippen LogP contribution in [0.15, 0.2) is 24.3 Å². The largest absolute Gasteiger partial charge is 0.490 e. The quantitative estimate of drug-likeness (QED) is 0.891. The van der Waals surface area contributed by atoms with Crippen molar-refractivity contribution in [3.63, 3.8) is 0 Å². The second-order valence-corrected chi connectivity index (χ2v) is 6.24. The maximum Gasteiger partial charge on any atom is 0.119 e. The van der Waals surface area contributed by atoms with Gasteiger partial charge in [0, 0.05) is 6.04 Å². The molecule has 1 aromatic carbocycles. The lowest BCUT2D eigenvalue weighted by Gasteiger charge is -2.34. The van der Waals surface area contributed by atoms with Gasteiger partial charge in [-0.1, -0.05) is 25.5 Å². The van der Waals surface area contributed by atoms with Gasteiger partial charge in [-0.15, -0.1) is 0 Å². The molecule has 0 amide bonds. The van der Waals surface area contributed by atoms with Crippen molar-refractivity contribution in [3.8, 4) is 5.75 Å². The molecule has 1 aromatic rings. The van der Waals surface area contributed by atoms with Gasteiger partial charge in [-0.25, -0.2) is 0 Å². The molecule has 0 radical (unpaired) electrons. The Bertz CT molecular complexity index is 410. The van der Waals surface area contributed by atoms with Crippen molar-refractivity contribution in [3.05, 3.63) is 29.8 Å². The van der Waals surface area contributed by atoms with Gasteiger partial charge in [-0.05, 0) is 61.6 Å². The van der Waals surface area contributed by atoms with E-state index in [1.807, 2.05) is 0 Å². The molecule has 0 aliphatic heterocycles. The van der Waals surface area contributed by atoms with Gasteiger partial charge in [0.2, 0.25) is 0 Å². The van der Waals surface area contributed by atoms with Crippen LogP contribution in [0.2, 0.25) is 0 Å². The summed E-state index contributed by atoms with van der Waals surface area (Å²) in [5.74, 6) is 2.41. The Kier molecular flexibility index (Phi) is 3.79. The van der Waals surface area contributed by atoms with E-state index in [4.69, 9.17) is 10.5 Å². The lowest BCUT2D eigenvalue weighted by molar-refractivity contribution is 0.281. The number of nitrogens with two attached hydrogens (primary N) is 1. The average molecular weight is 259 g/mol. The van der Waals surface area contributed by atoms with Crippen molar-refractivity contribution in [2.75, 3.05) is 0 Å². The van der Waals surface area contributed by atoms with Crippen molar-refractivity contribution in [1.29, 1.82) is 0 Å². The molecule has 0 spiro atoms. The molecule has 2 N–H and O–H groups in total. The molecule has 0 aromatic heterocycles. The highest BCUT2D eigenvalue weighted by atomic mass is 16.5. The minimum Gasteiger partial charge on any atom is -0.490 e. The second-order valence-electron chi connectivity index (χ2n) is 6.24. The van der Waals surface area contributed by atoms with Gasteiger partial charge < -0.3 is 10.5 Å². The number of rotatable bonds is 4. The summed E-state index contributed by atoms with van der Waals surface area (Å²) in [4.78, 5) is 0. The first kappa shape index (κ1) is 13.0. The molecule has 0 saturated heterocycles. The summed E-state index contributed by atoms with van der Waals surface area (Å²) in [6, 6.07) is 9.02. The maximum absolute atomic E-state index is 6.33. The van der Waals surface area contributed by atoms with Crippen LogP contribution in [0.5, 0.6) is 5.75 Å². The SMILES string of the molecule is CCC1CCC(N)C(c2ccc(OC3CC3)cc2)C1. The summed E-state index contributed by atoms with van der Waals surface area (Å²) < 4.78 is 5.81. The van der Waals surface area contributed by atoms with Crippen molar-refractivity contribution < 1.29 is 4.74 Å². The number of benzene rings is 1. The Morgan fingerprint density at radius 1 is 1.11 bits per heavy atom. The van der Waals surface area contributed by atoms with E-state index in [-0.39, 0.29) is 0 Å². The fourth-order valence-corrected chi connectivity index (χ4v) is 3.21. The van der Waals surface area contributed by atoms with Crippen LogP contribution >= 0.6 is 0 Å². The third-order valence-corrected chi connectivity index (χ3v) is 4.73. The van der Waals surface area contributed by atoms with Crippen LogP contribution in [0.4, 0.5) is 0 Å². The third kappa shape index (κ3) is 3.11. The molecule has 2 aliphatic rings. The summed E-state index contributed by atoms with van der Waals surface area (Å²) in [5, 5.41) is 0. The molecule has 2 nitrogen and oxygen atoms in total. The monoisotopic (exact) mass is 259 g/mol. The van der Waals surface area contributed by atoms with Crippen LogP contribution in [-0.4, -0.2) is 12.1 Å². The van der Waals surface area contributed by atoms with Crippen LogP contribution in [-0.2, 0) is 0 Å². The second kappa shape index (κ2) is 5.54. The standard InChI is InChI=1S/C17H25NO/c1-2-12-3-10-17(18)16(11-12)13-4-6-14(7-5-13)19-15-8-9-15/h4-7,12,15-17H,2-3,8-11,18H2,1H3.